The van der Waals surface area contributed by atoms with E-state index < -0.39 is 11.6 Å². The fraction of sp³-hybridized carbons (Fsp3) is 0.600. The van der Waals surface area contributed by atoms with Crippen LogP contribution in [0.1, 0.15) is 44.7 Å². The highest BCUT2D eigenvalue weighted by atomic mass is 19.1. The summed E-state index contributed by atoms with van der Waals surface area (Å²) in [6.07, 6.45) is 3.11. The van der Waals surface area contributed by atoms with Gasteiger partial charge in [0, 0.05) is 24.2 Å². The third kappa shape index (κ3) is 3.51. The molecule has 2 N–H and O–H groups in total. The van der Waals surface area contributed by atoms with Crippen LogP contribution in [0.5, 0.6) is 0 Å². The van der Waals surface area contributed by atoms with Crippen LogP contribution in [0.3, 0.4) is 0 Å². The molecule has 1 unspecified atom stereocenters. The average Bonchev–Trinajstić information content (AvgIpc) is 2.64. The zero-order valence-electron chi connectivity index (χ0n) is 11.6. The van der Waals surface area contributed by atoms with Gasteiger partial charge < -0.3 is 5.73 Å². The number of benzene rings is 1. The Labute approximate surface area is 113 Å². The van der Waals surface area contributed by atoms with Crippen molar-refractivity contribution in [2.75, 3.05) is 13.1 Å². The normalized spacial score (nSPS) is 20.7. The molecule has 0 saturated carbocycles. The van der Waals surface area contributed by atoms with Gasteiger partial charge in [-0.2, -0.15) is 0 Å². The summed E-state index contributed by atoms with van der Waals surface area (Å²) in [6, 6.07) is 3.20. The van der Waals surface area contributed by atoms with E-state index >= 15 is 0 Å². The van der Waals surface area contributed by atoms with Crippen molar-refractivity contribution in [3.05, 3.63) is 35.4 Å². The van der Waals surface area contributed by atoms with E-state index in [4.69, 9.17) is 5.73 Å². The van der Waals surface area contributed by atoms with E-state index in [1.165, 1.54) is 25.0 Å². The largest absolute Gasteiger partial charge is 0.324 e. The smallest absolute Gasteiger partial charge is 0.126 e. The number of halogens is 2. The summed E-state index contributed by atoms with van der Waals surface area (Å²) in [6.45, 7) is 6.41. The minimum atomic E-state index is -0.563. The maximum atomic E-state index is 13.1. The van der Waals surface area contributed by atoms with E-state index in [2.05, 4.69) is 18.7 Å². The summed E-state index contributed by atoms with van der Waals surface area (Å²) >= 11 is 0. The molecule has 106 valence electrons. The van der Waals surface area contributed by atoms with Crippen molar-refractivity contribution in [1.82, 2.24) is 4.90 Å². The molecule has 0 amide bonds. The first kappa shape index (κ1) is 14.4. The molecule has 0 aromatic heterocycles. The lowest BCUT2D eigenvalue weighted by molar-refractivity contribution is 0.169. The molecule has 4 heteroatoms. The van der Waals surface area contributed by atoms with Gasteiger partial charge in [0.1, 0.15) is 11.6 Å². The monoisotopic (exact) mass is 268 g/mol. The van der Waals surface area contributed by atoms with Gasteiger partial charge in [-0.25, -0.2) is 8.78 Å². The lowest BCUT2D eigenvalue weighted by Gasteiger charge is -2.32. The average molecular weight is 268 g/mol. The second kappa shape index (κ2) is 5.55. The Morgan fingerprint density at radius 2 is 1.89 bits per heavy atom. The topological polar surface area (TPSA) is 29.3 Å². The van der Waals surface area contributed by atoms with Crippen LogP contribution >= 0.6 is 0 Å². The summed E-state index contributed by atoms with van der Waals surface area (Å²) in [7, 11) is 0. The van der Waals surface area contributed by atoms with Crippen molar-refractivity contribution in [3.8, 4) is 0 Å². The number of nitrogens with two attached hydrogens (primary N) is 1. The summed E-state index contributed by atoms with van der Waals surface area (Å²) < 4.78 is 26.3. The molecule has 1 atom stereocenters. The van der Waals surface area contributed by atoms with Crippen molar-refractivity contribution in [2.45, 2.75) is 44.7 Å². The Morgan fingerprint density at radius 3 is 2.42 bits per heavy atom. The molecule has 0 radical (unpaired) electrons. The Balaban J connectivity index is 1.96. The molecular weight excluding hydrogens is 246 g/mol. The highest BCUT2D eigenvalue weighted by molar-refractivity contribution is 5.21. The molecule has 19 heavy (non-hydrogen) atoms. The molecule has 0 aliphatic carbocycles. The summed E-state index contributed by atoms with van der Waals surface area (Å²) in [5.41, 5.74) is 6.79. The number of nitrogens with zero attached hydrogens (tertiary/aromatic N) is 1. The highest BCUT2D eigenvalue weighted by Gasteiger charge is 2.31. The molecule has 1 aromatic rings. The second-order valence-corrected chi connectivity index (χ2v) is 6.00. The maximum absolute atomic E-state index is 13.1. The van der Waals surface area contributed by atoms with Crippen molar-refractivity contribution >= 4 is 0 Å². The number of hydrogen-bond donors (Lipinski definition) is 1. The van der Waals surface area contributed by atoms with E-state index in [0.29, 0.717) is 12.0 Å². The molecule has 1 aliphatic heterocycles. The molecular formula is C15H22F2N2. The number of likely N-dealkylation sites (tertiary alicyclic amines) is 1. The van der Waals surface area contributed by atoms with E-state index in [1.54, 1.807) is 0 Å². The fourth-order valence-electron chi connectivity index (χ4n) is 2.83. The molecule has 1 aromatic carbocycles. The van der Waals surface area contributed by atoms with Gasteiger partial charge in [0.15, 0.2) is 0 Å². The van der Waals surface area contributed by atoms with Crippen molar-refractivity contribution < 1.29 is 8.78 Å². The Hall–Kier alpha value is -1.00. The van der Waals surface area contributed by atoms with E-state index in [0.717, 1.165) is 19.2 Å². The Morgan fingerprint density at radius 1 is 1.26 bits per heavy atom. The van der Waals surface area contributed by atoms with E-state index in [1.807, 2.05) is 0 Å². The molecule has 0 bridgehead atoms. The van der Waals surface area contributed by atoms with Crippen molar-refractivity contribution in [2.24, 2.45) is 5.73 Å². The summed E-state index contributed by atoms with van der Waals surface area (Å²) in [4.78, 5) is 2.41. The first-order valence-corrected chi connectivity index (χ1v) is 6.85. The van der Waals surface area contributed by atoms with Gasteiger partial charge in [0.05, 0.1) is 0 Å². The van der Waals surface area contributed by atoms with E-state index in [9.17, 15) is 8.78 Å². The predicted octanol–water partition coefficient (Wildman–Crippen LogP) is 3.23. The Bertz CT molecular complexity index is 426. The maximum Gasteiger partial charge on any atom is 0.126 e. The fourth-order valence-corrected chi connectivity index (χ4v) is 2.83. The molecule has 1 saturated heterocycles. The van der Waals surface area contributed by atoms with Gasteiger partial charge in [0.25, 0.3) is 0 Å². The van der Waals surface area contributed by atoms with Crippen LogP contribution in [0.4, 0.5) is 8.78 Å². The molecule has 1 aliphatic rings. The quantitative estimate of drug-likeness (QED) is 0.908. The van der Waals surface area contributed by atoms with Crippen LogP contribution in [0.15, 0.2) is 18.2 Å². The summed E-state index contributed by atoms with van der Waals surface area (Å²) in [5, 5.41) is 0. The Kier molecular flexibility index (Phi) is 4.21. The van der Waals surface area contributed by atoms with Gasteiger partial charge in [0.2, 0.25) is 0 Å². The minimum Gasteiger partial charge on any atom is -0.324 e. The lowest BCUT2D eigenvalue weighted by Crippen LogP contribution is -2.39. The molecule has 2 rings (SSSR count). The first-order chi connectivity index (χ1) is 8.88. The standard InChI is InChI=1S/C15H22F2N2/c1-15(2)5-3-6-19(15)7-4-14(18)11-8-12(16)10-13(17)9-11/h8-10,14H,3-7,18H2,1-2H3. The highest BCUT2D eigenvalue weighted by Crippen LogP contribution is 2.29. The molecule has 1 fully saturated rings. The SMILES string of the molecule is CC1(C)CCCN1CCC(N)c1cc(F)cc(F)c1. The van der Waals surface area contributed by atoms with Gasteiger partial charge in [-0.1, -0.05) is 0 Å². The zero-order chi connectivity index (χ0) is 14.0. The van der Waals surface area contributed by atoms with Crippen LogP contribution in [0.25, 0.3) is 0 Å². The predicted molar refractivity (Wildman–Crippen MR) is 72.8 cm³/mol. The van der Waals surface area contributed by atoms with Gasteiger partial charge >= 0.3 is 0 Å². The van der Waals surface area contributed by atoms with Gasteiger partial charge in [-0.05, 0) is 57.4 Å². The van der Waals surface area contributed by atoms with Crippen molar-refractivity contribution in [1.29, 1.82) is 0 Å². The molecule has 0 spiro atoms. The van der Waals surface area contributed by atoms with Crippen LogP contribution in [0, 0.1) is 11.6 Å². The zero-order valence-corrected chi connectivity index (χ0v) is 11.6. The lowest BCUT2D eigenvalue weighted by atomic mass is 10.0. The second-order valence-electron chi connectivity index (χ2n) is 6.00. The number of hydrogen-bond acceptors (Lipinski definition) is 2. The third-order valence-electron chi connectivity index (χ3n) is 4.10. The van der Waals surface area contributed by atoms with Crippen LogP contribution in [-0.2, 0) is 0 Å². The van der Waals surface area contributed by atoms with Crippen LogP contribution < -0.4 is 5.73 Å². The first-order valence-electron chi connectivity index (χ1n) is 6.85. The van der Waals surface area contributed by atoms with Crippen LogP contribution in [-0.4, -0.2) is 23.5 Å². The van der Waals surface area contributed by atoms with Gasteiger partial charge in [-0.3, -0.25) is 4.90 Å². The van der Waals surface area contributed by atoms with Gasteiger partial charge in [-0.15, -0.1) is 0 Å². The molecule has 1 heterocycles. The minimum absolute atomic E-state index is 0.215. The van der Waals surface area contributed by atoms with Crippen LogP contribution in [0.2, 0.25) is 0 Å². The number of rotatable bonds is 4. The summed E-state index contributed by atoms with van der Waals surface area (Å²) in [5.74, 6) is -1.13. The third-order valence-corrected chi connectivity index (χ3v) is 4.10. The van der Waals surface area contributed by atoms with Crippen molar-refractivity contribution in [3.63, 3.8) is 0 Å². The van der Waals surface area contributed by atoms with E-state index in [-0.39, 0.29) is 11.6 Å². The molecule has 2 nitrogen and oxygen atoms in total.